The van der Waals surface area contributed by atoms with Gasteiger partial charge in [0, 0.05) is 8.95 Å². The van der Waals surface area contributed by atoms with Crippen molar-refractivity contribution in [2.45, 2.75) is 27.7 Å². The number of hydrogen-bond donors (Lipinski definition) is 0. The summed E-state index contributed by atoms with van der Waals surface area (Å²) in [5.41, 5.74) is 17.2. The van der Waals surface area contributed by atoms with Gasteiger partial charge in [0.1, 0.15) is 0 Å². The molecule has 0 spiro atoms. The molecule has 0 saturated carbocycles. The minimum absolute atomic E-state index is 1.08. The summed E-state index contributed by atoms with van der Waals surface area (Å²) in [7, 11) is 0. The first-order chi connectivity index (χ1) is 22.2. The Balaban J connectivity index is 1.35. The van der Waals surface area contributed by atoms with Crippen LogP contribution in [0.3, 0.4) is 0 Å². The molecule has 0 radical (unpaired) electrons. The van der Waals surface area contributed by atoms with Crippen molar-refractivity contribution in [2.75, 3.05) is 0 Å². The Kier molecular flexibility index (Phi) is 9.68. The van der Waals surface area contributed by atoms with Crippen LogP contribution in [0, 0.1) is 27.7 Å². The van der Waals surface area contributed by atoms with Crippen LogP contribution in [0.25, 0.3) is 34.4 Å². The van der Waals surface area contributed by atoms with E-state index < -0.39 is 0 Å². The van der Waals surface area contributed by atoms with Gasteiger partial charge in [0.25, 0.3) is 0 Å². The monoisotopic (exact) mass is 722 g/mol. The molecule has 0 nitrogen and oxygen atoms in total. The Morgan fingerprint density at radius 3 is 1.00 bits per heavy atom. The van der Waals surface area contributed by atoms with Crippen LogP contribution in [-0.4, -0.2) is 0 Å². The third-order valence-corrected chi connectivity index (χ3v) is 9.51. The number of benzene rings is 6. The summed E-state index contributed by atoms with van der Waals surface area (Å²) in [4.78, 5) is 0. The van der Waals surface area contributed by atoms with E-state index in [1.807, 2.05) is 0 Å². The highest BCUT2D eigenvalue weighted by Crippen LogP contribution is 2.33. The largest absolute Gasteiger partial charge is 0.0587 e. The smallest absolute Gasteiger partial charge is 0.0175 e. The summed E-state index contributed by atoms with van der Waals surface area (Å²) in [5.74, 6) is 0. The van der Waals surface area contributed by atoms with Crippen molar-refractivity contribution in [2.24, 2.45) is 0 Å². The van der Waals surface area contributed by atoms with Crippen molar-refractivity contribution in [1.29, 1.82) is 0 Å². The van der Waals surface area contributed by atoms with Gasteiger partial charge in [-0.05, 0) is 131 Å². The van der Waals surface area contributed by atoms with Gasteiger partial charge in [0.2, 0.25) is 0 Å². The topological polar surface area (TPSA) is 0 Å². The van der Waals surface area contributed by atoms with Crippen LogP contribution in [-0.2, 0) is 0 Å². The van der Waals surface area contributed by atoms with Crippen molar-refractivity contribution < 1.29 is 0 Å². The van der Waals surface area contributed by atoms with E-state index in [4.69, 9.17) is 0 Å². The second kappa shape index (κ2) is 14.0. The van der Waals surface area contributed by atoms with E-state index in [0.29, 0.717) is 0 Å². The Hall–Kier alpha value is -4.24. The average Bonchev–Trinajstić information content (AvgIpc) is 3.05. The Labute approximate surface area is 290 Å². The summed E-state index contributed by atoms with van der Waals surface area (Å²) in [6.45, 7) is 8.69. The van der Waals surface area contributed by atoms with E-state index in [1.54, 1.807) is 0 Å². The zero-order chi connectivity index (χ0) is 32.2. The lowest BCUT2D eigenvalue weighted by Crippen LogP contribution is -1.92. The van der Waals surface area contributed by atoms with Crippen LogP contribution in [0.2, 0.25) is 0 Å². The fourth-order valence-electron chi connectivity index (χ4n) is 5.88. The molecule has 6 aromatic carbocycles. The van der Waals surface area contributed by atoms with E-state index in [0.717, 1.165) is 8.95 Å². The van der Waals surface area contributed by atoms with Gasteiger partial charge in [-0.3, -0.25) is 0 Å². The molecule has 0 atom stereocenters. The Morgan fingerprint density at radius 1 is 0.391 bits per heavy atom. The highest BCUT2D eigenvalue weighted by atomic mass is 79.9. The second-order valence-corrected chi connectivity index (χ2v) is 13.8. The lowest BCUT2D eigenvalue weighted by Gasteiger charge is -2.14. The van der Waals surface area contributed by atoms with Crippen molar-refractivity contribution in [3.8, 4) is 11.1 Å². The number of rotatable bonds is 7. The van der Waals surface area contributed by atoms with Crippen molar-refractivity contribution >= 4 is 55.2 Å². The molecule has 2 heteroatoms. The maximum Gasteiger partial charge on any atom is 0.0175 e. The summed E-state index contributed by atoms with van der Waals surface area (Å²) in [6, 6.07) is 48.4. The minimum Gasteiger partial charge on any atom is -0.0587 e. The first-order valence-corrected chi connectivity index (χ1v) is 17.1. The van der Waals surface area contributed by atoms with Gasteiger partial charge in [-0.15, -0.1) is 0 Å². The van der Waals surface area contributed by atoms with Crippen LogP contribution in [0.4, 0.5) is 0 Å². The van der Waals surface area contributed by atoms with Gasteiger partial charge in [-0.1, -0.05) is 152 Å². The molecule has 0 aromatic heterocycles. The molecule has 0 unspecified atom stereocenters. The maximum absolute atomic E-state index is 3.59. The van der Waals surface area contributed by atoms with Crippen molar-refractivity contribution in [3.05, 3.63) is 198 Å². The number of hydrogen-bond acceptors (Lipinski definition) is 0. The number of halogens is 2. The molecule has 46 heavy (non-hydrogen) atoms. The van der Waals surface area contributed by atoms with E-state index >= 15 is 0 Å². The first kappa shape index (κ1) is 31.7. The van der Waals surface area contributed by atoms with Crippen LogP contribution in [0.5, 0.6) is 0 Å². The SMILES string of the molecule is Cc1ccc(C(=Cc2ccc(-c3ccc(C=C(c4ccc(C)cc4)c4ccc(Br)cc4)cc3C)c(C)c2)c2ccc(Br)cc2)cc1. The molecule has 0 aliphatic heterocycles. The van der Waals surface area contributed by atoms with Gasteiger partial charge < -0.3 is 0 Å². The number of aryl methyl sites for hydroxylation is 4. The predicted molar refractivity (Wildman–Crippen MR) is 206 cm³/mol. The molecule has 0 aliphatic carbocycles. The maximum atomic E-state index is 3.59. The lowest BCUT2D eigenvalue weighted by molar-refractivity contribution is 1.39. The molecule has 0 N–H and O–H groups in total. The lowest BCUT2D eigenvalue weighted by atomic mass is 9.91. The third kappa shape index (κ3) is 7.41. The summed E-state index contributed by atoms with van der Waals surface area (Å²) in [6.07, 6.45) is 4.61. The van der Waals surface area contributed by atoms with Gasteiger partial charge in [0.15, 0.2) is 0 Å². The zero-order valence-corrected chi connectivity index (χ0v) is 29.8. The standard InChI is InChI=1S/C44H36Br2/c1-29-5-11-35(12-6-29)43(37-15-19-39(45)20-16-37)27-33-9-23-41(31(3)25-33)42-24-10-34(26-32(42)4)28-44(36-13-7-30(2)8-14-36)38-17-21-40(46)22-18-38/h5-28H,1-4H3. The molecular formula is C44H36Br2. The summed E-state index contributed by atoms with van der Waals surface area (Å²) >= 11 is 7.18. The fourth-order valence-corrected chi connectivity index (χ4v) is 6.41. The van der Waals surface area contributed by atoms with Crippen LogP contribution in [0.1, 0.15) is 55.6 Å². The Bertz CT molecular complexity index is 1800. The van der Waals surface area contributed by atoms with Gasteiger partial charge in [-0.25, -0.2) is 0 Å². The molecule has 226 valence electrons. The first-order valence-electron chi connectivity index (χ1n) is 15.5. The van der Waals surface area contributed by atoms with Crippen molar-refractivity contribution in [1.82, 2.24) is 0 Å². The molecule has 0 saturated heterocycles. The molecule has 0 bridgehead atoms. The predicted octanol–water partition coefficient (Wildman–Crippen LogP) is 13.3. The zero-order valence-electron chi connectivity index (χ0n) is 26.6. The fraction of sp³-hybridized carbons (Fsp3) is 0.0909. The molecule has 6 rings (SSSR count). The van der Waals surface area contributed by atoms with Gasteiger partial charge >= 0.3 is 0 Å². The summed E-state index contributed by atoms with van der Waals surface area (Å²) < 4.78 is 2.16. The Morgan fingerprint density at radius 2 is 0.696 bits per heavy atom. The van der Waals surface area contributed by atoms with Crippen LogP contribution < -0.4 is 0 Å². The molecule has 0 heterocycles. The normalized spacial score (nSPS) is 12.0. The minimum atomic E-state index is 1.08. The highest BCUT2D eigenvalue weighted by Gasteiger charge is 2.11. The molecule has 6 aromatic rings. The molecule has 0 amide bonds. The average molecular weight is 725 g/mol. The van der Waals surface area contributed by atoms with Gasteiger partial charge in [-0.2, -0.15) is 0 Å². The van der Waals surface area contributed by atoms with E-state index in [1.165, 1.54) is 77.9 Å². The van der Waals surface area contributed by atoms with Crippen LogP contribution >= 0.6 is 31.9 Å². The molecule has 0 fully saturated rings. The van der Waals surface area contributed by atoms with E-state index in [9.17, 15) is 0 Å². The van der Waals surface area contributed by atoms with E-state index in [2.05, 4.69) is 205 Å². The highest BCUT2D eigenvalue weighted by molar-refractivity contribution is 9.10. The van der Waals surface area contributed by atoms with Crippen molar-refractivity contribution in [3.63, 3.8) is 0 Å². The second-order valence-electron chi connectivity index (χ2n) is 12.0. The molecule has 0 aliphatic rings. The van der Waals surface area contributed by atoms with Gasteiger partial charge in [0.05, 0.1) is 0 Å². The van der Waals surface area contributed by atoms with Crippen LogP contribution in [0.15, 0.2) is 142 Å². The van der Waals surface area contributed by atoms with E-state index in [-0.39, 0.29) is 0 Å². The third-order valence-electron chi connectivity index (χ3n) is 8.45. The quantitative estimate of drug-likeness (QED) is 0.144. The molecular weight excluding hydrogens is 688 g/mol. The summed E-state index contributed by atoms with van der Waals surface area (Å²) in [5, 5.41) is 0.